The monoisotopic (exact) mass is 475 g/mol. The lowest BCUT2D eigenvalue weighted by Crippen LogP contribution is -2.40. The lowest BCUT2D eigenvalue weighted by atomic mass is 10.0. The highest BCUT2D eigenvalue weighted by molar-refractivity contribution is 6.03. The van der Waals surface area contributed by atoms with E-state index in [-0.39, 0.29) is 11.3 Å². The number of nitrogens with one attached hydrogen (secondary N) is 1. The summed E-state index contributed by atoms with van der Waals surface area (Å²) >= 11 is 0. The fourth-order valence-electron chi connectivity index (χ4n) is 3.90. The van der Waals surface area contributed by atoms with Crippen LogP contribution in [0.5, 0.6) is 0 Å². The maximum Gasteiger partial charge on any atom is 0.435 e. The second-order valence-corrected chi connectivity index (χ2v) is 8.15. The van der Waals surface area contributed by atoms with Gasteiger partial charge in [-0.25, -0.2) is 0 Å². The van der Waals surface area contributed by atoms with Crippen LogP contribution in [0.25, 0.3) is 11.1 Å². The Morgan fingerprint density at radius 2 is 1.82 bits per heavy atom. The number of nitrogens with zero attached hydrogens (tertiary/aromatic N) is 4. The molecule has 1 saturated heterocycles. The van der Waals surface area contributed by atoms with Crippen molar-refractivity contribution < 1.29 is 22.7 Å². The molecule has 1 fully saturated rings. The number of hydrogen-bond acceptors (Lipinski definition) is 5. The molecule has 0 radical (unpaired) electrons. The van der Waals surface area contributed by atoms with E-state index in [9.17, 15) is 22.8 Å². The number of anilines is 2. The van der Waals surface area contributed by atoms with Crippen LogP contribution in [-0.4, -0.2) is 46.6 Å². The van der Waals surface area contributed by atoms with Crippen LogP contribution in [0.3, 0.4) is 0 Å². The lowest BCUT2D eigenvalue weighted by molar-refractivity contribution is -0.141. The van der Waals surface area contributed by atoms with Gasteiger partial charge in [0.15, 0.2) is 5.69 Å². The number of halogens is 3. The van der Waals surface area contributed by atoms with Crippen LogP contribution >= 0.6 is 0 Å². The summed E-state index contributed by atoms with van der Waals surface area (Å²) in [5, 5.41) is 6.02. The van der Waals surface area contributed by atoms with Gasteiger partial charge in [0.25, 0.3) is 11.5 Å². The summed E-state index contributed by atoms with van der Waals surface area (Å²) in [6.07, 6.45) is -2.92. The third-order valence-corrected chi connectivity index (χ3v) is 5.73. The van der Waals surface area contributed by atoms with Gasteiger partial charge in [0.1, 0.15) is 11.4 Å². The molecule has 0 saturated carbocycles. The maximum atomic E-state index is 12.9. The second kappa shape index (κ2) is 8.98. The van der Waals surface area contributed by atoms with Gasteiger partial charge in [-0.05, 0) is 36.2 Å². The Morgan fingerprint density at radius 3 is 2.47 bits per heavy atom. The van der Waals surface area contributed by atoms with Crippen LogP contribution in [0.2, 0.25) is 0 Å². The summed E-state index contributed by atoms with van der Waals surface area (Å²) in [7, 11) is 2.96. The minimum Gasteiger partial charge on any atom is -0.378 e. The average Bonchev–Trinajstić information content (AvgIpc) is 3.20. The largest absolute Gasteiger partial charge is 0.435 e. The summed E-state index contributed by atoms with van der Waals surface area (Å²) in [6, 6.07) is 7.74. The van der Waals surface area contributed by atoms with E-state index in [1.807, 2.05) is 17.9 Å². The lowest BCUT2D eigenvalue weighted by Gasteiger charge is -2.29. The number of morpholine rings is 1. The van der Waals surface area contributed by atoms with Gasteiger partial charge in [-0.2, -0.15) is 18.3 Å². The van der Waals surface area contributed by atoms with Crippen LogP contribution in [-0.2, 0) is 25.0 Å². The van der Waals surface area contributed by atoms with E-state index in [1.165, 1.54) is 11.6 Å². The van der Waals surface area contributed by atoms with Gasteiger partial charge >= 0.3 is 6.18 Å². The molecule has 1 aliphatic heterocycles. The molecular formula is C23H24F3N5O3. The number of hydrogen-bond donors (Lipinski definition) is 1. The van der Waals surface area contributed by atoms with E-state index in [0.29, 0.717) is 43.7 Å². The van der Waals surface area contributed by atoms with Gasteiger partial charge in [-0.3, -0.25) is 14.3 Å². The summed E-state index contributed by atoms with van der Waals surface area (Å²) in [5.41, 5.74) is 1.96. The van der Waals surface area contributed by atoms with E-state index in [4.69, 9.17) is 4.74 Å². The van der Waals surface area contributed by atoms with Crippen molar-refractivity contribution in [2.75, 3.05) is 36.5 Å². The Morgan fingerprint density at radius 1 is 1.12 bits per heavy atom. The quantitative estimate of drug-likeness (QED) is 0.627. The second-order valence-electron chi connectivity index (χ2n) is 8.15. The molecule has 1 N–H and O–H groups in total. The number of alkyl halides is 3. The molecule has 11 heteroatoms. The predicted molar refractivity (Wildman–Crippen MR) is 121 cm³/mol. The van der Waals surface area contributed by atoms with Crippen molar-refractivity contribution in [3.8, 4) is 11.1 Å². The third-order valence-electron chi connectivity index (χ3n) is 5.73. The first-order valence-corrected chi connectivity index (χ1v) is 10.6. The Balaban J connectivity index is 1.66. The molecule has 34 heavy (non-hydrogen) atoms. The molecule has 3 aromatic rings. The molecule has 0 atom stereocenters. The summed E-state index contributed by atoms with van der Waals surface area (Å²) < 4.78 is 46.6. The fraction of sp³-hybridized carbons (Fsp3) is 0.348. The number of pyridine rings is 1. The molecule has 2 aromatic heterocycles. The predicted octanol–water partition coefficient (Wildman–Crippen LogP) is 3.20. The molecular weight excluding hydrogens is 451 g/mol. The van der Waals surface area contributed by atoms with Gasteiger partial charge in [-0.1, -0.05) is 6.07 Å². The Bertz CT molecular complexity index is 1290. The molecule has 180 valence electrons. The van der Waals surface area contributed by atoms with E-state index < -0.39 is 17.8 Å². The van der Waals surface area contributed by atoms with Crippen molar-refractivity contribution in [2.45, 2.75) is 13.1 Å². The zero-order valence-electron chi connectivity index (χ0n) is 18.9. The van der Waals surface area contributed by atoms with Crippen molar-refractivity contribution in [2.24, 2.45) is 14.1 Å². The van der Waals surface area contributed by atoms with Crippen LogP contribution in [0.1, 0.15) is 21.7 Å². The van der Waals surface area contributed by atoms with E-state index >= 15 is 0 Å². The van der Waals surface area contributed by atoms with E-state index in [0.717, 1.165) is 21.4 Å². The third kappa shape index (κ3) is 4.69. The normalized spacial score (nSPS) is 14.4. The van der Waals surface area contributed by atoms with Gasteiger partial charge in [0, 0.05) is 50.7 Å². The summed E-state index contributed by atoms with van der Waals surface area (Å²) in [4.78, 5) is 27.4. The van der Waals surface area contributed by atoms with Crippen molar-refractivity contribution in [1.82, 2.24) is 14.3 Å². The van der Waals surface area contributed by atoms with Crippen LogP contribution < -0.4 is 15.8 Å². The number of ether oxygens (including phenoxy) is 1. The maximum absolute atomic E-state index is 12.9. The fourth-order valence-corrected chi connectivity index (χ4v) is 3.90. The number of carbonyl (C=O) groups is 1. The number of benzene rings is 1. The highest BCUT2D eigenvalue weighted by Gasteiger charge is 2.35. The first-order chi connectivity index (χ1) is 16.0. The molecule has 4 rings (SSSR count). The minimum atomic E-state index is -4.64. The summed E-state index contributed by atoms with van der Waals surface area (Å²) in [6.45, 7) is 4.20. The topological polar surface area (TPSA) is 81.4 Å². The SMILES string of the molecule is Cc1ccc(NC(=O)c2cc(C(F)(F)F)nn2C)cc1-c1cc(N2CCOCC2)c(=O)n(C)c1. The van der Waals surface area contributed by atoms with Crippen LogP contribution in [0.4, 0.5) is 24.5 Å². The molecule has 0 aliphatic carbocycles. The first-order valence-electron chi connectivity index (χ1n) is 10.6. The zero-order valence-corrected chi connectivity index (χ0v) is 18.9. The minimum absolute atomic E-state index is 0.121. The molecule has 0 unspecified atom stereocenters. The summed E-state index contributed by atoms with van der Waals surface area (Å²) in [5.74, 6) is -0.713. The van der Waals surface area contributed by atoms with Gasteiger partial charge < -0.3 is 19.5 Å². The molecule has 0 bridgehead atoms. The number of aryl methyl sites for hydroxylation is 3. The first kappa shape index (κ1) is 23.6. The van der Waals surface area contributed by atoms with Gasteiger partial charge in [0.05, 0.1) is 13.2 Å². The molecule has 8 nitrogen and oxygen atoms in total. The molecule has 1 amide bonds. The molecule has 0 spiro atoms. The van der Waals surface area contributed by atoms with Gasteiger partial charge in [0.2, 0.25) is 0 Å². The van der Waals surface area contributed by atoms with E-state index in [1.54, 1.807) is 31.4 Å². The smallest absolute Gasteiger partial charge is 0.378 e. The van der Waals surface area contributed by atoms with Crippen molar-refractivity contribution in [3.05, 3.63) is 63.8 Å². The number of aromatic nitrogens is 3. The Labute approximate surface area is 193 Å². The van der Waals surface area contributed by atoms with Crippen molar-refractivity contribution in [1.29, 1.82) is 0 Å². The number of rotatable bonds is 4. The highest BCUT2D eigenvalue weighted by Crippen LogP contribution is 2.30. The van der Waals surface area contributed by atoms with Crippen LogP contribution in [0, 0.1) is 6.92 Å². The molecule has 3 heterocycles. The number of carbonyl (C=O) groups excluding carboxylic acids is 1. The number of amides is 1. The van der Waals surface area contributed by atoms with Gasteiger partial charge in [-0.15, -0.1) is 0 Å². The van der Waals surface area contributed by atoms with Crippen molar-refractivity contribution in [3.63, 3.8) is 0 Å². The highest BCUT2D eigenvalue weighted by atomic mass is 19.4. The standard InChI is InChI=1S/C23H24F3N5O3/c1-14-4-5-16(27-21(32)18-12-20(23(24,25)26)28-30(18)3)11-17(14)15-10-19(22(33)29(2)13-15)31-6-8-34-9-7-31/h4-5,10-13H,6-9H2,1-3H3,(H,27,32). The molecule has 1 aliphatic rings. The zero-order chi connectivity index (χ0) is 24.6. The molecule has 1 aromatic carbocycles. The average molecular weight is 475 g/mol. The van der Waals surface area contributed by atoms with Crippen LogP contribution in [0.15, 0.2) is 41.3 Å². The Kier molecular flexibility index (Phi) is 6.22. The van der Waals surface area contributed by atoms with E-state index in [2.05, 4.69) is 10.4 Å². The Hall–Kier alpha value is -3.60. The van der Waals surface area contributed by atoms with Crippen molar-refractivity contribution >= 4 is 17.3 Å².